The summed E-state index contributed by atoms with van der Waals surface area (Å²) < 4.78 is 35.0. The Bertz CT molecular complexity index is 1420. The number of sulfonamides is 1. The van der Waals surface area contributed by atoms with Gasteiger partial charge in [0.15, 0.2) is 0 Å². The first kappa shape index (κ1) is 31.3. The molecule has 0 aliphatic rings. The monoisotopic (exact) mass is 603 g/mol. The molecule has 0 saturated heterocycles. The van der Waals surface area contributed by atoms with E-state index in [1.807, 2.05) is 6.26 Å². The number of ether oxygens (including phenoxy) is 1. The van der Waals surface area contributed by atoms with E-state index in [9.17, 15) is 18.0 Å². The number of likely N-dealkylation sites (N-methyl/N-ethyl adjacent to an activating group) is 1. The normalized spacial score (nSPS) is 11.9. The third kappa shape index (κ3) is 7.30. The van der Waals surface area contributed by atoms with Crippen molar-refractivity contribution in [3.05, 3.63) is 83.4 Å². The summed E-state index contributed by atoms with van der Waals surface area (Å²) in [6, 6.07) is 19.3. The first-order chi connectivity index (χ1) is 19.2. The zero-order chi connectivity index (χ0) is 29.3. The minimum Gasteiger partial charge on any atom is -0.492 e. The number of halogens is 1. The minimum atomic E-state index is -4.22. The standard InChI is InChI=1S/C29H34ClN3O5S2/c1-5-25(29(35)31-3)32(19-21-11-7-8-12-24(21)30)28(34)20-33(26-13-9-10-14-27(26)38-6-2)40(36,37)23-17-15-22(39-4)16-18-23/h7-18,25H,5-6,19-20H2,1-4H3,(H,31,35). The summed E-state index contributed by atoms with van der Waals surface area (Å²) in [5.74, 6) is -0.608. The van der Waals surface area contributed by atoms with Crippen molar-refractivity contribution in [2.75, 3.05) is 30.8 Å². The van der Waals surface area contributed by atoms with Gasteiger partial charge in [0.2, 0.25) is 11.8 Å². The molecule has 1 unspecified atom stereocenters. The number of carbonyl (C=O) groups is 2. The molecule has 3 rings (SSSR count). The van der Waals surface area contributed by atoms with E-state index in [0.29, 0.717) is 29.4 Å². The number of para-hydroxylation sites is 2. The van der Waals surface area contributed by atoms with Gasteiger partial charge in [0.1, 0.15) is 18.3 Å². The number of hydrogen-bond donors (Lipinski definition) is 1. The van der Waals surface area contributed by atoms with Crippen LogP contribution in [0.5, 0.6) is 5.75 Å². The average molecular weight is 604 g/mol. The highest BCUT2D eigenvalue weighted by molar-refractivity contribution is 7.98. The van der Waals surface area contributed by atoms with E-state index in [1.165, 1.54) is 35.8 Å². The highest BCUT2D eigenvalue weighted by atomic mass is 35.5. The molecule has 0 saturated carbocycles. The molecule has 40 heavy (non-hydrogen) atoms. The van der Waals surface area contributed by atoms with Crippen LogP contribution in [0.15, 0.2) is 82.6 Å². The van der Waals surface area contributed by atoms with Crippen LogP contribution in [0.3, 0.4) is 0 Å². The Morgan fingerprint density at radius 2 is 1.65 bits per heavy atom. The van der Waals surface area contributed by atoms with Crippen molar-refractivity contribution in [3.63, 3.8) is 0 Å². The lowest BCUT2D eigenvalue weighted by atomic mass is 10.1. The molecule has 0 aromatic heterocycles. The number of nitrogens with one attached hydrogen (secondary N) is 1. The Labute approximate surface area is 245 Å². The van der Waals surface area contributed by atoms with Crippen LogP contribution in [0.4, 0.5) is 5.69 Å². The van der Waals surface area contributed by atoms with Crippen LogP contribution >= 0.6 is 23.4 Å². The number of amides is 2. The number of benzene rings is 3. The molecule has 11 heteroatoms. The molecule has 0 aliphatic carbocycles. The number of thioether (sulfide) groups is 1. The number of hydrogen-bond acceptors (Lipinski definition) is 6. The van der Waals surface area contributed by atoms with Crippen LogP contribution in [0.2, 0.25) is 5.02 Å². The predicted octanol–water partition coefficient (Wildman–Crippen LogP) is 5.21. The van der Waals surface area contributed by atoms with Gasteiger partial charge in [-0.3, -0.25) is 13.9 Å². The maximum absolute atomic E-state index is 14.1. The molecule has 214 valence electrons. The van der Waals surface area contributed by atoms with Crippen LogP contribution in [0.25, 0.3) is 0 Å². The van der Waals surface area contributed by atoms with E-state index in [0.717, 1.165) is 9.20 Å². The SMILES string of the molecule is CCOc1ccccc1N(CC(=O)N(Cc1ccccc1Cl)C(CC)C(=O)NC)S(=O)(=O)c1ccc(SC)cc1. The molecule has 8 nitrogen and oxygen atoms in total. The molecule has 2 amide bonds. The van der Waals surface area contributed by atoms with E-state index < -0.39 is 28.5 Å². The molecule has 0 heterocycles. The van der Waals surface area contributed by atoms with E-state index in [1.54, 1.807) is 74.5 Å². The van der Waals surface area contributed by atoms with E-state index in [2.05, 4.69) is 5.32 Å². The fourth-order valence-corrected chi connectivity index (χ4v) is 6.25. The fraction of sp³-hybridized carbons (Fsp3) is 0.310. The topological polar surface area (TPSA) is 96.0 Å². The molecule has 1 N–H and O–H groups in total. The summed E-state index contributed by atoms with van der Waals surface area (Å²) in [6.45, 7) is 3.35. The lowest BCUT2D eigenvalue weighted by Crippen LogP contribution is -2.51. The maximum Gasteiger partial charge on any atom is 0.264 e. The third-order valence-electron chi connectivity index (χ3n) is 6.29. The molecule has 0 fully saturated rings. The first-order valence-electron chi connectivity index (χ1n) is 12.8. The highest BCUT2D eigenvalue weighted by Gasteiger charge is 2.34. The van der Waals surface area contributed by atoms with Gasteiger partial charge in [-0.05, 0) is 67.6 Å². The Morgan fingerprint density at radius 1 is 1.00 bits per heavy atom. The molecular weight excluding hydrogens is 570 g/mol. The van der Waals surface area contributed by atoms with Crippen molar-refractivity contribution in [1.29, 1.82) is 0 Å². The quantitative estimate of drug-likeness (QED) is 0.270. The van der Waals surface area contributed by atoms with Gasteiger partial charge in [-0.25, -0.2) is 8.42 Å². The molecule has 3 aromatic rings. The molecule has 0 bridgehead atoms. The van der Waals surface area contributed by atoms with Crippen LogP contribution in [0, 0.1) is 0 Å². The lowest BCUT2D eigenvalue weighted by molar-refractivity contribution is -0.140. The summed E-state index contributed by atoms with van der Waals surface area (Å²) in [4.78, 5) is 29.2. The summed E-state index contributed by atoms with van der Waals surface area (Å²) >= 11 is 7.90. The fourth-order valence-electron chi connectivity index (χ4n) is 4.23. The Kier molecular flexibility index (Phi) is 11.3. The smallest absolute Gasteiger partial charge is 0.264 e. The Morgan fingerprint density at radius 3 is 2.25 bits per heavy atom. The second-order valence-corrected chi connectivity index (χ2v) is 11.9. The first-order valence-corrected chi connectivity index (χ1v) is 15.8. The third-order valence-corrected chi connectivity index (χ3v) is 9.18. The van der Waals surface area contributed by atoms with Crippen molar-refractivity contribution in [2.24, 2.45) is 0 Å². The summed E-state index contributed by atoms with van der Waals surface area (Å²) in [6.07, 6.45) is 2.21. The largest absolute Gasteiger partial charge is 0.492 e. The lowest BCUT2D eigenvalue weighted by Gasteiger charge is -2.33. The van der Waals surface area contributed by atoms with Gasteiger partial charge in [-0.1, -0.05) is 48.9 Å². The van der Waals surface area contributed by atoms with Gasteiger partial charge in [0, 0.05) is 23.5 Å². The minimum absolute atomic E-state index is 0.0217. The molecule has 0 radical (unpaired) electrons. The van der Waals surface area contributed by atoms with Gasteiger partial charge in [-0.2, -0.15) is 0 Å². The molecule has 0 aliphatic heterocycles. The summed E-state index contributed by atoms with van der Waals surface area (Å²) in [7, 11) is -2.72. The van der Waals surface area contributed by atoms with Crippen molar-refractivity contribution in [3.8, 4) is 5.75 Å². The number of anilines is 1. The zero-order valence-electron chi connectivity index (χ0n) is 23.0. The van der Waals surface area contributed by atoms with Gasteiger partial charge < -0.3 is 15.0 Å². The van der Waals surface area contributed by atoms with E-state index in [4.69, 9.17) is 16.3 Å². The van der Waals surface area contributed by atoms with E-state index in [-0.39, 0.29) is 23.0 Å². The number of rotatable bonds is 13. The zero-order valence-corrected chi connectivity index (χ0v) is 25.4. The summed E-state index contributed by atoms with van der Waals surface area (Å²) in [5, 5.41) is 3.05. The van der Waals surface area contributed by atoms with Crippen molar-refractivity contribution < 1.29 is 22.7 Å². The Balaban J connectivity index is 2.12. The average Bonchev–Trinajstić information content (AvgIpc) is 2.97. The molecule has 0 spiro atoms. The summed E-state index contributed by atoms with van der Waals surface area (Å²) in [5.41, 5.74) is 0.856. The van der Waals surface area contributed by atoms with Gasteiger partial charge >= 0.3 is 0 Å². The second kappa shape index (κ2) is 14.4. The van der Waals surface area contributed by atoms with Crippen molar-refractivity contribution in [2.45, 2.75) is 42.6 Å². The predicted molar refractivity (Wildman–Crippen MR) is 161 cm³/mol. The van der Waals surface area contributed by atoms with Crippen molar-refractivity contribution in [1.82, 2.24) is 10.2 Å². The van der Waals surface area contributed by atoms with Crippen LogP contribution in [0.1, 0.15) is 25.8 Å². The highest BCUT2D eigenvalue weighted by Crippen LogP contribution is 2.33. The van der Waals surface area contributed by atoms with Crippen molar-refractivity contribution >= 4 is 50.9 Å². The van der Waals surface area contributed by atoms with Gasteiger partial charge in [0.25, 0.3) is 10.0 Å². The van der Waals surface area contributed by atoms with Gasteiger partial charge in [-0.15, -0.1) is 11.8 Å². The van der Waals surface area contributed by atoms with E-state index >= 15 is 0 Å². The number of nitrogens with zero attached hydrogens (tertiary/aromatic N) is 2. The van der Waals surface area contributed by atoms with Crippen LogP contribution < -0.4 is 14.4 Å². The molecule has 3 aromatic carbocycles. The molecular formula is C29H34ClN3O5S2. The van der Waals surface area contributed by atoms with Crippen LogP contribution in [-0.2, 0) is 26.2 Å². The Hall–Kier alpha value is -3.21. The van der Waals surface area contributed by atoms with Crippen LogP contribution in [-0.4, -0.2) is 57.6 Å². The van der Waals surface area contributed by atoms with Gasteiger partial charge in [0.05, 0.1) is 17.2 Å². The maximum atomic E-state index is 14.1. The second-order valence-electron chi connectivity index (χ2n) is 8.74. The molecule has 1 atom stereocenters. The number of carbonyl (C=O) groups excluding carboxylic acids is 2.